The second-order valence-corrected chi connectivity index (χ2v) is 5.46. The van der Waals surface area contributed by atoms with Crippen molar-refractivity contribution in [2.45, 2.75) is 26.8 Å². The molecule has 1 amide bonds. The van der Waals surface area contributed by atoms with Gasteiger partial charge in [-0.2, -0.15) is 0 Å². The highest BCUT2D eigenvalue weighted by Crippen LogP contribution is 2.18. The number of amides is 1. The van der Waals surface area contributed by atoms with E-state index in [-0.39, 0.29) is 11.9 Å². The molecule has 1 aromatic carbocycles. The van der Waals surface area contributed by atoms with Crippen molar-refractivity contribution in [2.75, 3.05) is 0 Å². The summed E-state index contributed by atoms with van der Waals surface area (Å²) in [6, 6.07) is 10.1. The van der Waals surface area contributed by atoms with E-state index in [1.807, 2.05) is 24.4 Å². The van der Waals surface area contributed by atoms with Crippen molar-refractivity contribution in [1.82, 2.24) is 5.32 Å². The zero-order valence-corrected chi connectivity index (χ0v) is 11.7. The smallest absolute Gasteiger partial charge is 0.261 e. The first kappa shape index (κ1) is 12.8. The Kier molecular flexibility index (Phi) is 3.82. The average Bonchev–Trinajstić information content (AvgIpc) is 2.86. The molecule has 1 aromatic heterocycles. The van der Waals surface area contributed by atoms with Crippen molar-refractivity contribution in [3.05, 3.63) is 57.3 Å². The van der Waals surface area contributed by atoms with Crippen LogP contribution in [0, 0.1) is 13.8 Å². The maximum Gasteiger partial charge on any atom is 0.261 e. The summed E-state index contributed by atoms with van der Waals surface area (Å²) >= 11 is 1.46. The zero-order valence-electron chi connectivity index (χ0n) is 10.9. The van der Waals surface area contributed by atoms with Gasteiger partial charge in [-0.15, -0.1) is 11.3 Å². The third-order valence-electron chi connectivity index (χ3n) is 3.12. The lowest BCUT2D eigenvalue weighted by Crippen LogP contribution is -2.25. The van der Waals surface area contributed by atoms with E-state index in [9.17, 15) is 4.79 Å². The summed E-state index contributed by atoms with van der Waals surface area (Å²) in [5.41, 5.74) is 3.67. The molecule has 0 fully saturated rings. The van der Waals surface area contributed by atoms with E-state index >= 15 is 0 Å². The molecule has 0 spiro atoms. The Morgan fingerprint density at radius 2 is 2.00 bits per heavy atom. The van der Waals surface area contributed by atoms with Crippen molar-refractivity contribution in [3.8, 4) is 0 Å². The third-order valence-corrected chi connectivity index (χ3v) is 3.99. The molecule has 18 heavy (non-hydrogen) atoms. The molecule has 0 aliphatic carbocycles. The van der Waals surface area contributed by atoms with E-state index in [4.69, 9.17) is 0 Å². The fourth-order valence-electron chi connectivity index (χ4n) is 1.79. The molecule has 94 valence electrons. The summed E-state index contributed by atoms with van der Waals surface area (Å²) in [6.07, 6.45) is 0. The number of rotatable bonds is 3. The van der Waals surface area contributed by atoms with Crippen LogP contribution in [0.4, 0.5) is 0 Å². The van der Waals surface area contributed by atoms with Gasteiger partial charge in [0.05, 0.1) is 10.9 Å². The van der Waals surface area contributed by atoms with Crippen molar-refractivity contribution >= 4 is 17.2 Å². The molecule has 1 atom stereocenters. The maximum atomic E-state index is 11.9. The van der Waals surface area contributed by atoms with Crippen LogP contribution in [-0.2, 0) is 0 Å². The van der Waals surface area contributed by atoms with Crippen molar-refractivity contribution in [1.29, 1.82) is 0 Å². The minimum absolute atomic E-state index is 0.00396. The first-order valence-electron chi connectivity index (χ1n) is 5.99. The molecule has 0 unspecified atom stereocenters. The van der Waals surface area contributed by atoms with Gasteiger partial charge in [0.1, 0.15) is 0 Å². The Balaban J connectivity index is 2.10. The average molecular weight is 259 g/mol. The Morgan fingerprint density at radius 3 is 2.61 bits per heavy atom. The number of aryl methyl sites for hydroxylation is 2. The summed E-state index contributed by atoms with van der Waals surface area (Å²) in [5, 5.41) is 4.93. The standard InChI is InChI=1S/C15H17NOS/c1-10-6-7-13(9-11(10)2)12(3)16-15(17)14-5-4-8-18-14/h4-9,12H,1-3H3,(H,16,17)/t12-/m0/s1. The largest absolute Gasteiger partial charge is 0.345 e. The molecule has 2 rings (SSSR count). The summed E-state index contributed by atoms with van der Waals surface area (Å²) in [4.78, 5) is 12.7. The second kappa shape index (κ2) is 5.36. The van der Waals surface area contributed by atoms with Crippen LogP contribution in [-0.4, -0.2) is 5.91 Å². The number of thiophene rings is 1. The van der Waals surface area contributed by atoms with Gasteiger partial charge in [0.2, 0.25) is 0 Å². The topological polar surface area (TPSA) is 29.1 Å². The van der Waals surface area contributed by atoms with Crippen molar-refractivity contribution < 1.29 is 4.79 Å². The van der Waals surface area contributed by atoms with E-state index in [1.54, 1.807) is 0 Å². The van der Waals surface area contributed by atoms with E-state index in [0.29, 0.717) is 0 Å². The van der Waals surface area contributed by atoms with E-state index in [1.165, 1.54) is 22.5 Å². The SMILES string of the molecule is Cc1ccc([C@H](C)NC(=O)c2cccs2)cc1C. The van der Waals surface area contributed by atoms with Gasteiger partial charge in [-0.1, -0.05) is 24.3 Å². The highest BCUT2D eigenvalue weighted by Gasteiger charge is 2.12. The number of benzene rings is 1. The van der Waals surface area contributed by atoms with Crippen LogP contribution < -0.4 is 5.32 Å². The lowest BCUT2D eigenvalue weighted by Gasteiger charge is -2.15. The third kappa shape index (κ3) is 2.79. The minimum Gasteiger partial charge on any atom is -0.345 e. The van der Waals surface area contributed by atoms with Gasteiger partial charge >= 0.3 is 0 Å². The van der Waals surface area contributed by atoms with Gasteiger partial charge < -0.3 is 5.32 Å². The number of hydrogen-bond acceptors (Lipinski definition) is 2. The lowest BCUT2D eigenvalue weighted by atomic mass is 10.0. The van der Waals surface area contributed by atoms with Crippen LogP contribution >= 0.6 is 11.3 Å². The van der Waals surface area contributed by atoms with E-state index in [0.717, 1.165) is 10.4 Å². The van der Waals surface area contributed by atoms with Crippen LogP contribution in [0.5, 0.6) is 0 Å². The quantitative estimate of drug-likeness (QED) is 0.891. The number of carbonyl (C=O) groups is 1. The predicted octanol–water partition coefficient (Wildman–Crippen LogP) is 3.86. The van der Waals surface area contributed by atoms with Gasteiger partial charge in [0, 0.05) is 0 Å². The Morgan fingerprint density at radius 1 is 1.22 bits per heavy atom. The van der Waals surface area contributed by atoms with Gasteiger partial charge in [0.25, 0.3) is 5.91 Å². The predicted molar refractivity (Wildman–Crippen MR) is 76.1 cm³/mol. The fourth-order valence-corrected chi connectivity index (χ4v) is 2.42. The number of nitrogens with one attached hydrogen (secondary N) is 1. The summed E-state index contributed by atoms with van der Waals surface area (Å²) in [6.45, 7) is 6.19. The van der Waals surface area contributed by atoms with Crippen molar-refractivity contribution in [2.24, 2.45) is 0 Å². The first-order valence-corrected chi connectivity index (χ1v) is 6.87. The molecule has 2 nitrogen and oxygen atoms in total. The molecular formula is C15H17NOS. The number of carbonyl (C=O) groups excluding carboxylic acids is 1. The minimum atomic E-state index is -0.00396. The molecule has 0 bridgehead atoms. The second-order valence-electron chi connectivity index (χ2n) is 4.52. The highest BCUT2D eigenvalue weighted by molar-refractivity contribution is 7.12. The highest BCUT2D eigenvalue weighted by atomic mass is 32.1. The van der Waals surface area contributed by atoms with Crippen LogP contribution in [0.2, 0.25) is 0 Å². The van der Waals surface area contributed by atoms with Gasteiger partial charge in [-0.25, -0.2) is 0 Å². The Labute approximate surface area is 112 Å². The molecule has 0 aliphatic heterocycles. The Hall–Kier alpha value is -1.61. The van der Waals surface area contributed by atoms with Gasteiger partial charge in [-0.05, 0) is 48.9 Å². The van der Waals surface area contributed by atoms with Gasteiger partial charge in [0.15, 0.2) is 0 Å². The van der Waals surface area contributed by atoms with Crippen LogP contribution in [0.15, 0.2) is 35.7 Å². The summed E-state index contributed by atoms with van der Waals surface area (Å²) < 4.78 is 0. The zero-order chi connectivity index (χ0) is 13.1. The molecule has 0 saturated carbocycles. The number of hydrogen-bond donors (Lipinski definition) is 1. The molecule has 0 saturated heterocycles. The summed E-state index contributed by atoms with van der Waals surface area (Å²) in [5.74, 6) is -0.00396. The molecular weight excluding hydrogens is 242 g/mol. The molecule has 2 aromatic rings. The van der Waals surface area contributed by atoms with Crippen LogP contribution in [0.3, 0.4) is 0 Å². The maximum absolute atomic E-state index is 11.9. The van der Waals surface area contributed by atoms with Crippen LogP contribution in [0.1, 0.15) is 39.3 Å². The lowest BCUT2D eigenvalue weighted by molar-refractivity contribution is 0.0944. The first-order chi connectivity index (χ1) is 8.58. The molecule has 1 heterocycles. The normalized spacial score (nSPS) is 12.2. The van der Waals surface area contributed by atoms with Gasteiger partial charge in [-0.3, -0.25) is 4.79 Å². The van der Waals surface area contributed by atoms with Crippen molar-refractivity contribution in [3.63, 3.8) is 0 Å². The fraction of sp³-hybridized carbons (Fsp3) is 0.267. The molecule has 1 N–H and O–H groups in total. The molecule has 3 heteroatoms. The Bertz CT molecular complexity index is 546. The summed E-state index contributed by atoms with van der Waals surface area (Å²) in [7, 11) is 0. The van der Waals surface area contributed by atoms with E-state index in [2.05, 4.69) is 37.4 Å². The van der Waals surface area contributed by atoms with E-state index < -0.39 is 0 Å². The van der Waals surface area contributed by atoms with Crippen LogP contribution in [0.25, 0.3) is 0 Å². The molecule has 0 aliphatic rings. The molecule has 0 radical (unpaired) electrons. The monoisotopic (exact) mass is 259 g/mol.